The summed E-state index contributed by atoms with van der Waals surface area (Å²) in [4.78, 5) is 14.0. The SMILES string of the molecule is Cc1ccccc1C1NC(C)C(=O)N1CCCS(C)(=O)=O. The van der Waals surface area contributed by atoms with Gasteiger partial charge in [0.05, 0.1) is 11.8 Å². The average molecular weight is 310 g/mol. The Kier molecular flexibility index (Phi) is 4.68. The molecule has 1 aromatic carbocycles. The predicted octanol–water partition coefficient (Wildman–Crippen LogP) is 1.25. The van der Waals surface area contributed by atoms with Crippen molar-refractivity contribution in [2.75, 3.05) is 18.6 Å². The molecule has 0 bridgehead atoms. The minimum absolute atomic E-state index is 0.0248. The van der Waals surface area contributed by atoms with Crippen LogP contribution in [-0.4, -0.2) is 43.8 Å². The summed E-state index contributed by atoms with van der Waals surface area (Å²) in [5.74, 6) is 0.128. The number of hydrogen-bond donors (Lipinski definition) is 1. The van der Waals surface area contributed by atoms with Gasteiger partial charge in [-0.15, -0.1) is 0 Å². The van der Waals surface area contributed by atoms with Crippen molar-refractivity contribution in [3.63, 3.8) is 0 Å². The third-order valence-corrected chi connectivity index (χ3v) is 4.80. The molecule has 0 saturated carbocycles. The summed E-state index contributed by atoms with van der Waals surface area (Å²) >= 11 is 0. The normalized spacial score (nSPS) is 22.8. The highest BCUT2D eigenvalue weighted by atomic mass is 32.2. The van der Waals surface area contributed by atoms with Gasteiger partial charge in [-0.3, -0.25) is 10.1 Å². The van der Waals surface area contributed by atoms with E-state index in [1.165, 1.54) is 6.26 Å². The predicted molar refractivity (Wildman–Crippen MR) is 82.6 cm³/mol. The monoisotopic (exact) mass is 310 g/mol. The van der Waals surface area contributed by atoms with Gasteiger partial charge in [0.1, 0.15) is 16.0 Å². The second kappa shape index (κ2) is 6.15. The van der Waals surface area contributed by atoms with E-state index in [0.29, 0.717) is 13.0 Å². The standard InChI is InChI=1S/C15H22N2O3S/c1-11-7-4-5-8-13(11)14-16-12(2)15(18)17(14)9-6-10-21(3,19)20/h4-5,7-8,12,14,16H,6,9-10H2,1-3H3. The molecule has 0 aliphatic carbocycles. The molecule has 21 heavy (non-hydrogen) atoms. The molecule has 1 saturated heterocycles. The molecule has 2 atom stereocenters. The highest BCUT2D eigenvalue weighted by Gasteiger charge is 2.37. The molecule has 2 unspecified atom stereocenters. The fraction of sp³-hybridized carbons (Fsp3) is 0.533. The fourth-order valence-corrected chi connectivity index (χ4v) is 3.32. The highest BCUT2D eigenvalue weighted by Crippen LogP contribution is 2.27. The van der Waals surface area contributed by atoms with E-state index >= 15 is 0 Å². The van der Waals surface area contributed by atoms with Gasteiger partial charge in [-0.25, -0.2) is 8.42 Å². The van der Waals surface area contributed by atoms with Crippen LogP contribution in [0.1, 0.15) is 30.6 Å². The van der Waals surface area contributed by atoms with Gasteiger partial charge in [0, 0.05) is 12.8 Å². The van der Waals surface area contributed by atoms with Gasteiger partial charge in [0.2, 0.25) is 5.91 Å². The number of hydrogen-bond acceptors (Lipinski definition) is 4. The summed E-state index contributed by atoms with van der Waals surface area (Å²) in [6, 6.07) is 7.69. The lowest BCUT2D eigenvalue weighted by molar-refractivity contribution is -0.129. The Bertz CT molecular complexity index is 628. The number of carbonyl (C=O) groups excluding carboxylic acids is 1. The molecule has 0 radical (unpaired) electrons. The van der Waals surface area contributed by atoms with Crippen LogP contribution in [0.2, 0.25) is 0 Å². The van der Waals surface area contributed by atoms with E-state index in [0.717, 1.165) is 11.1 Å². The van der Waals surface area contributed by atoms with Crippen LogP contribution < -0.4 is 5.32 Å². The molecule has 1 aliphatic heterocycles. The van der Waals surface area contributed by atoms with E-state index in [1.807, 2.05) is 38.1 Å². The van der Waals surface area contributed by atoms with Crippen molar-refractivity contribution < 1.29 is 13.2 Å². The van der Waals surface area contributed by atoms with Crippen molar-refractivity contribution in [2.24, 2.45) is 0 Å². The first kappa shape index (κ1) is 16.0. The summed E-state index contributed by atoms with van der Waals surface area (Å²) < 4.78 is 22.5. The number of rotatable bonds is 5. The maximum atomic E-state index is 12.3. The molecule has 0 aromatic heterocycles. The Morgan fingerprint density at radius 1 is 1.29 bits per heavy atom. The van der Waals surface area contributed by atoms with Crippen molar-refractivity contribution in [1.29, 1.82) is 0 Å². The van der Waals surface area contributed by atoms with Crippen molar-refractivity contribution in [1.82, 2.24) is 10.2 Å². The first-order valence-electron chi connectivity index (χ1n) is 7.09. The van der Waals surface area contributed by atoms with Crippen LogP contribution in [0.25, 0.3) is 0 Å². The maximum absolute atomic E-state index is 12.3. The number of sulfone groups is 1. The second-order valence-corrected chi connectivity index (χ2v) is 7.92. The maximum Gasteiger partial charge on any atom is 0.241 e. The first-order chi connectivity index (χ1) is 9.79. The third kappa shape index (κ3) is 3.83. The van der Waals surface area contributed by atoms with Gasteiger partial charge in [0.25, 0.3) is 0 Å². The smallest absolute Gasteiger partial charge is 0.241 e. The molecule has 1 heterocycles. The van der Waals surface area contributed by atoms with Gasteiger partial charge in [-0.1, -0.05) is 24.3 Å². The van der Waals surface area contributed by atoms with Gasteiger partial charge in [-0.2, -0.15) is 0 Å². The zero-order valence-corrected chi connectivity index (χ0v) is 13.5. The number of nitrogens with zero attached hydrogens (tertiary/aromatic N) is 1. The van der Waals surface area contributed by atoms with Crippen molar-refractivity contribution in [3.8, 4) is 0 Å². The second-order valence-electron chi connectivity index (χ2n) is 5.66. The number of nitrogens with one attached hydrogen (secondary N) is 1. The first-order valence-corrected chi connectivity index (χ1v) is 9.15. The number of carbonyl (C=O) groups is 1. The lowest BCUT2D eigenvalue weighted by atomic mass is 10.1. The summed E-state index contributed by atoms with van der Waals surface area (Å²) in [5, 5.41) is 3.29. The third-order valence-electron chi connectivity index (χ3n) is 3.77. The van der Waals surface area contributed by atoms with Crippen molar-refractivity contribution in [2.45, 2.75) is 32.5 Å². The van der Waals surface area contributed by atoms with Gasteiger partial charge < -0.3 is 4.90 Å². The van der Waals surface area contributed by atoms with Gasteiger partial charge in [0.15, 0.2) is 0 Å². The zero-order chi connectivity index (χ0) is 15.6. The Hall–Kier alpha value is -1.40. The summed E-state index contributed by atoms with van der Waals surface area (Å²) in [6.45, 7) is 4.30. The highest BCUT2D eigenvalue weighted by molar-refractivity contribution is 7.90. The Balaban J connectivity index is 2.16. The molecule has 5 nitrogen and oxygen atoms in total. The molecule has 116 valence electrons. The van der Waals surface area contributed by atoms with Crippen LogP contribution in [0.4, 0.5) is 0 Å². The van der Waals surface area contributed by atoms with E-state index in [-0.39, 0.29) is 23.9 Å². The topological polar surface area (TPSA) is 66.5 Å². The summed E-state index contributed by atoms with van der Waals surface area (Å²) in [5.41, 5.74) is 2.18. The number of benzene rings is 1. The van der Waals surface area contributed by atoms with E-state index in [9.17, 15) is 13.2 Å². The molecule has 0 spiro atoms. The average Bonchev–Trinajstić information content (AvgIpc) is 2.66. The van der Waals surface area contributed by atoms with Crippen LogP contribution in [0.3, 0.4) is 0 Å². The van der Waals surface area contributed by atoms with E-state index in [2.05, 4.69) is 5.32 Å². The number of aryl methyl sites for hydroxylation is 1. The molecule has 2 rings (SSSR count). The van der Waals surface area contributed by atoms with Crippen LogP contribution in [-0.2, 0) is 14.6 Å². The quantitative estimate of drug-likeness (QED) is 0.889. The summed E-state index contributed by atoms with van der Waals surface area (Å²) in [6.07, 6.45) is 1.51. The van der Waals surface area contributed by atoms with E-state index < -0.39 is 9.84 Å². The molecule has 1 N–H and O–H groups in total. The molecule has 1 amide bonds. The Morgan fingerprint density at radius 2 is 1.95 bits per heavy atom. The zero-order valence-electron chi connectivity index (χ0n) is 12.7. The molecular formula is C15H22N2O3S. The molecule has 1 fully saturated rings. The number of amides is 1. The van der Waals surface area contributed by atoms with Gasteiger partial charge in [-0.05, 0) is 31.4 Å². The molecule has 1 aromatic rings. The summed E-state index contributed by atoms with van der Waals surface area (Å²) in [7, 11) is -3.00. The van der Waals surface area contributed by atoms with Crippen molar-refractivity contribution in [3.05, 3.63) is 35.4 Å². The molecule has 1 aliphatic rings. The van der Waals surface area contributed by atoms with Crippen LogP contribution in [0.5, 0.6) is 0 Å². The lowest BCUT2D eigenvalue weighted by Crippen LogP contribution is -2.32. The molecular weight excluding hydrogens is 288 g/mol. The fourth-order valence-electron chi connectivity index (χ4n) is 2.66. The molecule has 6 heteroatoms. The largest absolute Gasteiger partial charge is 0.322 e. The lowest BCUT2D eigenvalue weighted by Gasteiger charge is -2.25. The van der Waals surface area contributed by atoms with Crippen molar-refractivity contribution >= 4 is 15.7 Å². The van der Waals surface area contributed by atoms with Crippen LogP contribution in [0.15, 0.2) is 24.3 Å². The minimum atomic E-state index is -3.00. The van der Waals surface area contributed by atoms with Crippen LogP contribution >= 0.6 is 0 Å². The van der Waals surface area contributed by atoms with E-state index in [1.54, 1.807) is 4.90 Å². The van der Waals surface area contributed by atoms with Crippen LogP contribution in [0, 0.1) is 6.92 Å². The Morgan fingerprint density at radius 3 is 2.57 bits per heavy atom. The Labute approximate surface area is 126 Å². The van der Waals surface area contributed by atoms with Gasteiger partial charge >= 0.3 is 0 Å². The minimum Gasteiger partial charge on any atom is -0.322 e. The van der Waals surface area contributed by atoms with E-state index in [4.69, 9.17) is 0 Å².